The molecule has 1 amide bonds. The number of carbonyl (C=O) groups excluding carboxylic acids is 2. The predicted molar refractivity (Wildman–Crippen MR) is 56.6 cm³/mol. The van der Waals surface area contributed by atoms with Crippen molar-refractivity contribution in [3.63, 3.8) is 0 Å². The molecule has 0 bridgehead atoms. The van der Waals surface area contributed by atoms with Crippen molar-refractivity contribution in [1.29, 1.82) is 0 Å². The number of carbonyl (C=O) groups is 2. The lowest BCUT2D eigenvalue weighted by molar-refractivity contribution is -0.127. The third kappa shape index (κ3) is 1.77. The Kier molecular flexibility index (Phi) is 2.54. The molecule has 0 spiro atoms. The third-order valence-corrected chi connectivity index (χ3v) is 2.85. The molecule has 15 heavy (non-hydrogen) atoms. The van der Waals surface area contributed by atoms with Crippen LogP contribution in [0.5, 0.6) is 0 Å². The normalized spacial score (nSPS) is 20.7. The fourth-order valence-electron chi connectivity index (χ4n) is 1.91. The molecule has 1 fully saturated rings. The highest BCUT2D eigenvalue weighted by Crippen LogP contribution is 2.20. The number of likely N-dealkylation sites (N-methyl/N-ethyl adjacent to an activating group) is 1. The highest BCUT2D eigenvalue weighted by atomic mass is 16.2. The van der Waals surface area contributed by atoms with Crippen LogP contribution in [0.2, 0.25) is 0 Å². The molecule has 3 heteroatoms. The Morgan fingerprint density at radius 3 is 2.53 bits per heavy atom. The molecule has 0 aromatic heterocycles. The average molecular weight is 203 g/mol. The lowest BCUT2D eigenvalue weighted by Gasteiger charge is -2.18. The summed E-state index contributed by atoms with van der Waals surface area (Å²) < 4.78 is 0. The SMILES string of the molecule is CN1C(=O)CCC1C(=O)c1ccccc1. The van der Waals surface area contributed by atoms with E-state index in [9.17, 15) is 9.59 Å². The van der Waals surface area contributed by atoms with Gasteiger partial charge in [0, 0.05) is 19.0 Å². The first-order valence-electron chi connectivity index (χ1n) is 5.05. The van der Waals surface area contributed by atoms with Gasteiger partial charge in [-0.1, -0.05) is 30.3 Å². The van der Waals surface area contributed by atoms with Gasteiger partial charge in [0.1, 0.15) is 0 Å². The van der Waals surface area contributed by atoms with Crippen molar-refractivity contribution in [2.75, 3.05) is 7.05 Å². The van der Waals surface area contributed by atoms with Crippen molar-refractivity contribution < 1.29 is 9.59 Å². The van der Waals surface area contributed by atoms with Gasteiger partial charge in [0.15, 0.2) is 5.78 Å². The van der Waals surface area contributed by atoms with E-state index in [-0.39, 0.29) is 17.7 Å². The van der Waals surface area contributed by atoms with Crippen molar-refractivity contribution >= 4 is 11.7 Å². The molecular weight excluding hydrogens is 190 g/mol. The van der Waals surface area contributed by atoms with Gasteiger partial charge in [-0.05, 0) is 6.42 Å². The van der Waals surface area contributed by atoms with Crippen molar-refractivity contribution in [3.05, 3.63) is 35.9 Å². The molecule has 0 N–H and O–H groups in total. The highest BCUT2D eigenvalue weighted by Gasteiger charge is 2.33. The lowest BCUT2D eigenvalue weighted by atomic mass is 10.0. The Bertz CT molecular complexity index is 386. The molecule has 1 aliphatic rings. The van der Waals surface area contributed by atoms with Crippen LogP contribution in [0.3, 0.4) is 0 Å². The summed E-state index contributed by atoms with van der Waals surface area (Å²) in [5, 5.41) is 0. The Morgan fingerprint density at radius 1 is 1.33 bits per heavy atom. The Hall–Kier alpha value is -1.64. The number of rotatable bonds is 2. The third-order valence-electron chi connectivity index (χ3n) is 2.85. The van der Waals surface area contributed by atoms with Crippen LogP contribution in [0, 0.1) is 0 Å². The molecule has 1 heterocycles. The minimum absolute atomic E-state index is 0.0453. The van der Waals surface area contributed by atoms with Crippen molar-refractivity contribution in [3.8, 4) is 0 Å². The minimum Gasteiger partial charge on any atom is -0.335 e. The van der Waals surface area contributed by atoms with E-state index < -0.39 is 0 Å². The van der Waals surface area contributed by atoms with Crippen molar-refractivity contribution in [1.82, 2.24) is 4.90 Å². The van der Waals surface area contributed by atoms with E-state index in [1.165, 1.54) is 0 Å². The molecule has 0 saturated carbocycles. The minimum atomic E-state index is -0.264. The number of Topliss-reactive ketones (excluding diaryl/α,β-unsaturated/α-hetero) is 1. The molecule has 1 aliphatic heterocycles. The molecule has 2 rings (SSSR count). The molecule has 1 aromatic rings. The predicted octanol–water partition coefficient (Wildman–Crippen LogP) is 1.49. The van der Waals surface area contributed by atoms with E-state index in [0.717, 1.165) is 0 Å². The van der Waals surface area contributed by atoms with E-state index >= 15 is 0 Å². The van der Waals surface area contributed by atoms with Crippen molar-refractivity contribution in [2.24, 2.45) is 0 Å². The number of amides is 1. The molecule has 1 aromatic carbocycles. The molecule has 1 atom stereocenters. The molecule has 1 unspecified atom stereocenters. The number of likely N-dealkylation sites (tertiary alicyclic amines) is 1. The average Bonchev–Trinajstić information content (AvgIpc) is 2.60. The zero-order valence-electron chi connectivity index (χ0n) is 8.64. The van der Waals surface area contributed by atoms with E-state index in [1.54, 1.807) is 24.1 Å². The van der Waals surface area contributed by atoms with Crippen LogP contribution < -0.4 is 0 Å². The summed E-state index contributed by atoms with van der Waals surface area (Å²) in [5.74, 6) is 0.105. The zero-order chi connectivity index (χ0) is 10.8. The fraction of sp³-hybridized carbons (Fsp3) is 0.333. The maximum Gasteiger partial charge on any atom is 0.223 e. The molecule has 1 saturated heterocycles. The van der Waals surface area contributed by atoms with Gasteiger partial charge in [0.2, 0.25) is 5.91 Å². The Labute approximate surface area is 88.7 Å². The summed E-state index contributed by atoms with van der Waals surface area (Å²) >= 11 is 0. The largest absolute Gasteiger partial charge is 0.335 e. The number of benzene rings is 1. The summed E-state index contributed by atoms with van der Waals surface area (Å²) in [4.78, 5) is 24.9. The lowest BCUT2D eigenvalue weighted by Crippen LogP contribution is -2.35. The standard InChI is InChI=1S/C12H13NO2/c1-13-10(7-8-11(13)14)12(15)9-5-3-2-4-6-9/h2-6,10H,7-8H2,1H3. The molecule has 0 aliphatic carbocycles. The smallest absolute Gasteiger partial charge is 0.223 e. The summed E-state index contributed by atoms with van der Waals surface area (Å²) in [6.45, 7) is 0. The van der Waals surface area contributed by atoms with Crippen LogP contribution in [0.1, 0.15) is 23.2 Å². The maximum absolute atomic E-state index is 12.0. The van der Waals surface area contributed by atoms with E-state index in [4.69, 9.17) is 0 Å². The number of hydrogen-bond acceptors (Lipinski definition) is 2. The van der Waals surface area contributed by atoms with Gasteiger partial charge in [-0.15, -0.1) is 0 Å². The number of nitrogens with zero attached hydrogens (tertiary/aromatic N) is 1. The first kappa shape index (κ1) is 9.90. The molecular formula is C12H13NO2. The van der Waals surface area contributed by atoms with E-state index in [0.29, 0.717) is 18.4 Å². The summed E-state index contributed by atoms with van der Waals surface area (Å²) in [6.07, 6.45) is 1.13. The molecule has 0 radical (unpaired) electrons. The van der Waals surface area contributed by atoms with Crippen LogP contribution in [-0.4, -0.2) is 29.7 Å². The van der Waals surface area contributed by atoms with E-state index in [2.05, 4.69) is 0 Å². The number of hydrogen-bond donors (Lipinski definition) is 0. The zero-order valence-corrected chi connectivity index (χ0v) is 8.64. The Balaban J connectivity index is 2.19. The molecule has 78 valence electrons. The van der Waals surface area contributed by atoms with Gasteiger partial charge in [-0.2, -0.15) is 0 Å². The summed E-state index contributed by atoms with van der Waals surface area (Å²) in [5.41, 5.74) is 0.684. The highest BCUT2D eigenvalue weighted by molar-refractivity contribution is 6.03. The summed E-state index contributed by atoms with van der Waals surface area (Å²) in [7, 11) is 1.70. The van der Waals surface area contributed by atoms with Crippen LogP contribution >= 0.6 is 0 Å². The van der Waals surface area contributed by atoms with Gasteiger partial charge in [-0.3, -0.25) is 9.59 Å². The topological polar surface area (TPSA) is 37.4 Å². The first-order valence-corrected chi connectivity index (χ1v) is 5.05. The van der Waals surface area contributed by atoms with Gasteiger partial charge >= 0.3 is 0 Å². The van der Waals surface area contributed by atoms with Crippen LogP contribution in [0.4, 0.5) is 0 Å². The second kappa shape index (κ2) is 3.85. The molecule has 3 nitrogen and oxygen atoms in total. The van der Waals surface area contributed by atoms with Crippen molar-refractivity contribution in [2.45, 2.75) is 18.9 Å². The fourth-order valence-corrected chi connectivity index (χ4v) is 1.91. The van der Waals surface area contributed by atoms with Gasteiger partial charge in [-0.25, -0.2) is 0 Å². The van der Waals surface area contributed by atoms with Gasteiger partial charge in [0.25, 0.3) is 0 Å². The van der Waals surface area contributed by atoms with Crippen LogP contribution in [0.15, 0.2) is 30.3 Å². The van der Waals surface area contributed by atoms with E-state index in [1.807, 2.05) is 18.2 Å². The van der Waals surface area contributed by atoms with Crippen LogP contribution in [0.25, 0.3) is 0 Å². The second-order valence-corrected chi connectivity index (χ2v) is 3.79. The first-order chi connectivity index (χ1) is 7.20. The summed E-state index contributed by atoms with van der Waals surface area (Å²) in [6, 6.07) is 8.87. The van der Waals surface area contributed by atoms with Crippen LogP contribution in [-0.2, 0) is 4.79 Å². The monoisotopic (exact) mass is 203 g/mol. The Morgan fingerprint density at radius 2 is 2.00 bits per heavy atom. The number of ketones is 1. The maximum atomic E-state index is 12.0. The quantitative estimate of drug-likeness (QED) is 0.683. The van der Waals surface area contributed by atoms with Gasteiger partial charge in [0.05, 0.1) is 6.04 Å². The second-order valence-electron chi connectivity index (χ2n) is 3.79. The van der Waals surface area contributed by atoms with Gasteiger partial charge < -0.3 is 4.90 Å².